The first kappa shape index (κ1) is 10.1. The molecule has 1 heterocycles. The molecule has 3 rings (SSSR count). The molecule has 1 saturated heterocycles. The third-order valence-corrected chi connectivity index (χ3v) is 4.12. The zero-order chi connectivity index (χ0) is 11.3. The Morgan fingerprint density at radius 1 is 1.50 bits per heavy atom. The smallest absolute Gasteiger partial charge is 0.321 e. The van der Waals surface area contributed by atoms with Gasteiger partial charge < -0.3 is 10.4 Å². The van der Waals surface area contributed by atoms with Crippen molar-refractivity contribution < 1.29 is 9.90 Å². The molecule has 84 valence electrons. The average molecular weight is 238 g/mol. The van der Waals surface area contributed by atoms with Gasteiger partial charge in [-0.15, -0.1) is 0 Å². The minimum absolute atomic E-state index is 0.160. The molecule has 1 aliphatic heterocycles. The van der Waals surface area contributed by atoms with Crippen molar-refractivity contribution in [3.05, 3.63) is 34.3 Å². The summed E-state index contributed by atoms with van der Waals surface area (Å²) in [5.41, 5.74) is 2.38. The number of nitrogens with one attached hydrogen (secondary N) is 1. The van der Waals surface area contributed by atoms with Crippen molar-refractivity contribution in [2.24, 2.45) is 5.92 Å². The Balaban J connectivity index is 2.00. The Morgan fingerprint density at radius 2 is 2.31 bits per heavy atom. The van der Waals surface area contributed by atoms with E-state index in [1.807, 2.05) is 12.1 Å². The maximum atomic E-state index is 11.1. The molecular formula is C12H12ClNO2. The third kappa shape index (κ3) is 1.28. The SMILES string of the molecule is O=C(O)C1NCC2c3cccc(Cl)c3CC12. The molecule has 2 N–H and O–H groups in total. The standard InChI is InChI=1S/C12H12ClNO2/c13-10-3-1-2-6-7(10)4-8-9(6)5-14-11(8)12(15)16/h1-3,8-9,11,14H,4-5H2,(H,15,16). The fourth-order valence-electron chi connectivity index (χ4n) is 3.03. The number of benzene rings is 1. The Morgan fingerprint density at radius 3 is 3.06 bits per heavy atom. The van der Waals surface area contributed by atoms with Gasteiger partial charge in [0.1, 0.15) is 6.04 Å². The fraction of sp³-hybridized carbons (Fsp3) is 0.417. The van der Waals surface area contributed by atoms with Gasteiger partial charge in [0.15, 0.2) is 0 Å². The van der Waals surface area contributed by atoms with E-state index >= 15 is 0 Å². The number of hydrogen-bond donors (Lipinski definition) is 2. The van der Waals surface area contributed by atoms with Gasteiger partial charge in [0.2, 0.25) is 0 Å². The molecule has 0 aromatic heterocycles. The number of hydrogen-bond acceptors (Lipinski definition) is 2. The molecule has 2 aliphatic rings. The number of carbonyl (C=O) groups is 1. The predicted molar refractivity (Wildman–Crippen MR) is 60.8 cm³/mol. The van der Waals surface area contributed by atoms with Crippen LogP contribution >= 0.6 is 11.6 Å². The molecule has 1 aromatic rings. The van der Waals surface area contributed by atoms with E-state index in [0.29, 0.717) is 5.92 Å². The number of fused-ring (bicyclic) bond motifs is 3. The fourth-order valence-corrected chi connectivity index (χ4v) is 3.29. The Bertz CT molecular complexity index is 460. The minimum Gasteiger partial charge on any atom is -0.480 e. The summed E-state index contributed by atoms with van der Waals surface area (Å²) in [4.78, 5) is 11.1. The quantitative estimate of drug-likeness (QED) is 0.781. The van der Waals surface area contributed by atoms with Crippen molar-refractivity contribution in [3.8, 4) is 0 Å². The highest BCUT2D eigenvalue weighted by Crippen LogP contribution is 2.45. The van der Waals surface area contributed by atoms with Crippen LogP contribution in [0.5, 0.6) is 0 Å². The van der Waals surface area contributed by atoms with Crippen molar-refractivity contribution in [2.75, 3.05) is 6.54 Å². The highest BCUT2D eigenvalue weighted by Gasteiger charge is 2.45. The number of carboxylic acids is 1. The van der Waals surface area contributed by atoms with Crippen molar-refractivity contribution in [1.29, 1.82) is 0 Å². The van der Waals surface area contributed by atoms with Gasteiger partial charge in [-0.2, -0.15) is 0 Å². The average Bonchev–Trinajstić information content (AvgIpc) is 2.76. The van der Waals surface area contributed by atoms with Crippen LogP contribution in [0.1, 0.15) is 17.0 Å². The molecule has 0 spiro atoms. The molecule has 1 aromatic carbocycles. The van der Waals surface area contributed by atoms with Crippen LogP contribution in [-0.2, 0) is 11.2 Å². The number of aliphatic carboxylic acids is 1. The number of halogens is 1. The maximum absolute atomic E-state index is 11.1. The largest absolute Gasteiger partial charge is 0.480 e. The number of rotatable bonds is 1. The topological polar surface area (TPSA) is 49.3 Å². The third-order valence-electron chi connectivity index (χ3n) is 3.76. The molecule has 3 atom stereocenters. The zero-order valence-corrected chi connectivity index (χ0v) is 9.37. The Kier molecular flexibility index (Phi) is 2.19. The molecule has 4 heteroatoms. The van der Waals surface area contributed by atoms with E-state index in [1.54, 1.807) is 0 Å². The van der Waals surface area contributed by atoms with Crippen LogP contribution in [0.15, 0.2) is 18.2 Å². The first-order chi connectivity index (χ1) is 7.68. The van der Waals surface area contributed by atoms with Crippen molar-refractivity contribution >= 4 is 17.6 Å². The van der Waals surface area contributed by atoms with Crippen LogP contribution in [-0.4, -0.2) is 23.7 Å². The van der Waals surface area contributed by atoms with Gasteiger partial charge in [0.25, 0.3) is 0 Å². The van der Waals surface area contributed by atoms with E-state index in [9.17, 15) is 4.79 Å². The van der Waals surface area contributed by atoms with E-state index in [-0.39, 0.29) is 5.92 Å². The Hall–Kier alpha value is -1.06. The predicted octanol–water partition coefficient (Wildman–Crippen LogP) is 1.65. The van der Waals surface area contributed by atoms with Crippen LogP contribution in [0.2, 0.25) is 5.02 Å². The highest BCUT2D eigenvalue weighted by molar-refractivity contribution is 6.31. The molecule has 0 amide bonds. The summed E-state index contributed by atoms with van der Waals surface area (Å²) in [6, 6.07) is 5.47. The second-order valence-corrected chi connectivity index (χ2v) is 4.91. The van der Waals surface area contributed by atoms with Crippen LogP contribution < -0.4 is 5.32 Å². The van der Waals surface area contributed by atoms with Gasteiger partial charge in [-0.05, 0) is 29.5 Å². The summed E-state index contributed by atoms with van der Waals surface area (Å²) in [6.45, 7) is 0.745. The van der Waals surface area contributed by atoms with E-state index in [2.05, 4.69) is 11.4 Å². The van der Waals surface area contributed by atoms with Gasteiger partial charge in [0.05, 0.1) is 0 Å². The zero-order valence-electron chi connectivity index (χ0n) is 8.61. The van der Waals surface area contributed by atoms with Crippen molar-refractivity contribution in [2.45, 2.75) is 18.4 Å². The molecule has 1 fully saturated rings. The molecule has 0 saturated carbocycles. The van der Waals surface area contributed by atoms with Gasteiger partial charge in [-0.25, -0.2) is 0 Å². The normalized spacial score (nSPS) is 31.2. The molecule has 0 bridgehead atoms. The van der Waals surface area contributed by atoms with E-state index < -0.39 is 12.0 Å². The molecule has 3 unspecified atom stereocenters. The van der Waals surface area contributed by atoms with Crippen molar-refractivity contribution in [3.63, 3.8) is 0 Å². The molecular weight excluding hydrogens is 226 g/mol. The van der Waals surface area contributed by atoms with Crippen LogP contribution in [0.4, 0.5) is 0 Å². The first-order valence-corrected chi connectivity index (χ1v) is 5.79. The van der Waals surface area contributed by atoms with Gasteiger partial charge in [-0.3, -0.25) is 4.79 Å². The van der Waals surface area contributed by atoms with Gasteiger partial charge in [0, 0.05) is 17.5 Å². The Labute approximate surface area is 98.4 Å². The van der Waals surface area contributed by atoms with Crippen molar-refractivity contribution in [1.82, 2.24) is 5.32 Å². The summed E-state index contributed by atoms with van der Waals surface area (Å²) in [5, 5.41) is 13.0. The maximum Gasteiger partial charge on any atom is 0.321 e. The van der Waals surface area contributed by atoms with Gasteiger partial charge >= 0.3 is 5.97 Å². The summed E-state index contributed by atoms with van der Waals surface area (Å²) in [6.07, 6.45) is 0.781. The lowest BCUT2D eigenvalue weighted by Crippen LogP contribution is -2.35. The lowest BCUT2D eigenvalue weighted by atomic mass is 9.91. The van der Waals surface area contributed by atoms with Crippen LogP contribution in [0, 0.1) is 5.92 Å². The lowest BCUT2D eigenvalue weighted by Gasteiger charge is -2.12. The number of carboxylic acid groups (broad SMARTS) is 1. The van der Waals surface area contributed by atoms with E-state index in [4.69, 9.17) is 16.7 Å². The lowest BCUT2D eigenvalue weighted by molar-refractivity contribution is -0.140. The van der Waals surface area contributed by atoms with Crippen LogP contribution in [0.25, 0.3) is 0 Å². The second kappa shape index (κ2) is 3.47. The highest BCUT2D eigenvalue weighted by atomic mass is 35.5. The van der Waals surface area contributed by atoms with Gasteiger partial charge in [-0.1, -0.05) is 23.7 Å². The van der Waals surface area contributed by atoms with E-state index in [0.717, 1.165) is 23.6 Å². The second-order valence-electron chi connectivity index (χ2n) is 4.51. The first-order valence-electron chi connectivity index (χ1n) is 5.42. The molecule has 1 aliphatic carbocycles. The molecule has 16 heavy (non-hydrogen) atoms. The van der Waals surface area contributed by atoms with Crippen LogP contribution in [0.3, 0.4) is 0 Å². The summed E-state index contributed by atoms with van der Waals surface area (Å²) >= 11 is 6.14. The monoisotopic (exact) mass is 237 g/mol. The summed E-state index contributed by atoms with van der Waals surface area (Å²) in [5.74, 6) is -0.279. The minimum atomic E-state index is -0.753. The summed E-state index contributed by atoms with van der Waals surface area (Å²) in [7, 11) is 0. The molecule has 3 nitrogen and oxygen atoms in total. The summed E-state index contributed by atoms with van der Waals surface area (Å²) < 4.78 is 0. The van der Waals surface area contributed by atoms with E-state index in [1.165, 1.54) is 5.56 Å². The molecule has 0 radical (unpaired) electrons.